The molecule has 0 atom stereocenters. The number of nitrogens with one attached hydrogen (secondary N) is 1. The van der Waals surface area contributed by atoms with E-state index in [1.165, 1.54) is 4.57 Å². The van der Waals surface area contributed by atoms with Gasteiger partial charge in [0.1, 0.15) is 6.54 Å². The number of fused-ring (bicyclic) bond motifs is 1. The Morgan fingerprint density at radius 2 is 1.78 bits per heavy atom. The average Bonchev–Trinajstić information content (AvgIpc) is 2.85. The number of anilines is 1. The normalized spacial score (nSPS) is 10.9. The van der Waals surface area contributed by atoms with E-state index in [-0.39, 0.29) is 18.0 Å². The largest absolute Gasteiger partial charge is 0.338 e. The molecule has 0 aliphatic carbocycles. The molecule has 0 saturated heterocycles. The Morgan fingerprint density at radius 3 is 2.48 bits per heavy atom. The Balaban J connectivity index is 1.83. The fourth-order valence-electron chi connectivity index (χ4n) is 2.83. The standard InChI is InChI=1S/C18H19N3O2/c1-12-8-13(2)10-14(9-12)19-17(22)11-21-7-4-15-16(21)5-6-20(3)18(15)23/h4-10H,11H2,1-3H3,(H,19,22). The van der Waals surface area contributed by atoms with Gasteiger partial charge in [0.05, 0.1) is 10.9 Å². The van der Waals surface area contributed by atoms with Crippen LogP contribution in [0.2, 0.25) is 0 Å². The van der Waals surface area contributed by atoms with Crippen molar-refractivity contribution in [3.8, 4) is 0 Å². The van der Waals surface area contributed by atoms with Crippen LogP contribution in [0.5, 0.6) is 0 Å². The summed E-state index contributed by atoms with van der Waals surface area (Å²) < 4.78 is 3.32. The van der Waals surface area contributed by atoms with Crippen molar-refractivity contribution >= 4 is 22.5 Å². The maximum absolute atomic E-state index is 12.3. The number of carbonyl (C=O) groups excluding carboxylic acids is 1. The van der Waals surface area contributed by atoms with Gasteiger partial charge in [-0.15, -0.1) is 0 Å². The van der Waals surface area contributed by atoms with Gasteiger partial charge in [-0.05, 0) is 49.2 Å². The molecule has 0 unspecified atom stereocenters. The van der Waals surface area contributed by atoms with Gasteiger partial charge in [-0.3, -0.25) is 9.59 Å². The van der Waals surface area contributed by atoms with Crippen LogP contribution in [0.3, 0.4) is 0 Å². The van der Waals surface area contributed by atoms with Crippen LogP contribution < -0.4 is 10.9 Å². The molecule has 5 nitrogen and oxygen atoms in total. The predicted octanol–water partition coefficient (Wildman–Crippen LogP) is 2.60. The lowest BCUT2D eigenvalue weighted by Crippen LogP contribution is -2.19. The van der Waals surface area contributed by atoms with Gasteiger partial charge >= 0.3 is 0 Å². The third-order valence-corrected chi connectivity index (χ3v) is 3.83. The SMILES string of the molecule is Cc1cc(C)cc(NC(=O)Cn2ccc3c(=O)n(C)ccc32)c1. The third-order valence-electron chi connectivity index (χ3n) is 3.83. The van der Waals surface area contributed by atoms with Crippen LogP contribution in [0.1, 0.15) is 11.1 Å². The molecular formula is C18H19N3O2. The number of aryl methyl sites for hydroxylation is 3. The Morgan fingerprint density at radius 1 is 1.09 bits per heavy atom. The fourth-order valence-corrected chi connectivity index (χ4v) is 2.83. The summed E-state index contributed by atoms with van der Waals surface area (Å²) in [4.78, 5) is 24.3. The summed E-state index contributed by atoms with van der Waals surface area (Å²) in [5.74, 6) is -0.117. The number of pyridine rings is 1. The molecule has 1 amide bonds. The lowest BCUT2D eigenvalue weighted by atomic mass is 10.1. The number of nitrogens with zero attached hydrogens (tertiary/aromatic N) is 2. The summed E-state index contributed by atoms with van der Waals surface area (Å²) in [5.41, 5.74) is 3.71. The molecule has 23 heavy (non-hydrogen) atoms. The summed E-state index contributed by atoms with van der Waals surface area (Å²) in [6.45, 7) is 4.17. The van der Waals surface area contributed by atoms with Gasteiger partial charge in [0.15, 0.2) is 0 Å². The number of hydrogen-bond donors (Lipinski definition) is 1. The zero-order chi connectivity index (χ0) is 16.6. The maximum atomic E-state index is 12.3. The molecule has 3 rings (SSSR count). The van der Waals surface area contributed by atoms with Gasteiger partial charge in [0.2, 0.25) is 5.91 Å². The molecule has 0 radical (unpaired) electrons. The van der Waals surface area contributed by atoms with Crippen molar-refractivity contribution in [2.24, 2.45) is 7.05 Å². The summed E-state index contributed by atoms with van der Waals surface area (Å²) in [6, 6.07) is 9.54. The number of amides is 1. The summed E-state index contributed by atoms with van der Waals surface area (Å²) >= 11 is 0. The highest BCUT2D eigenvalue weighted by Crippen LogP contribution is 2.15. The van der Waals surface area contributed by atoms with E-state index in [2.05, 4.69) is 11.4 Å². The summed E-state index contributed by atoms with van der Waals surface area (Å²) in [6.07, 6.45) is 3.48. The van der Waals surface area contributed by atoms with Crippen molar-refractivity contribution in [2.45, 2.75) is 20.4 Å². The smallest absolute Gasteiger partial charge is 0.259 e. The highest BCUT2D eigenvalue weighted by Gasteiger charge is 2.09. The van der Waals surface area contributed by atoms with Gasteiger partial charge in [-0.25, -0.2) is 0 Å². The minimum Gasteiger partial charge on any atom is -0.338 e. The lowest BCUT2D eigenvalue weighted by Gasteiger charge is -2.09. The molecule has 0 spiro atoms. The lowest BCUT2D eigenvalue weighted by molar-refractivity contribution is -0.116. The van der Waals surface area contributed by atoms with E-state index in [1.54, 1.807) is 30.1 Å². The monoisotopic (exact) mass is 309 g/mol. The Hall–Kier alpha value is -2.82. The quantitative estimate of drug-likeness (QED) is 0.808. The van der Waals surface area contributed by atoms with Crippen molar-refractivity contribution in [3.05, 3.63) is 64.2 Å². The van der Waals surface area contributed by atoms with Crippen LogP contribution in [-0.2, 0) is 18.4 Å². The molecule has 0 saturated carbocycles. The Labute approximate surface area is 134 Å². The molecule has 0 aliphatic heterocycles. The van der Waals surface area contributed by atoms with Gasteiger partial charge in [0, 0.05) is 25.1 Å². The zero-order valence-electron chi connectivity index (χ0n) is 13.5. The van der Waals surface area contributed by atoms with Crippen LogP contribution in [0, 0.1) is 13.8 Å². The molecule has 1 N–H and O–H groups in total. The van der Waals surface area contributed by atoms with Crippen LogP contribution >= 0.6 is 0 Å². The van der Waals surface area contributed by atoms with Gasteiger partial charge < -0.3 is 14.5 Å². The molecule has 2 aromatic heterocycles. The number of benzene rings is 1. The second-order valence-corrected chi connectivity index (χ2v) is 5.90. The van der Waals surface area contributed by atoms with Gasteiger partial charge in [-0.2, -0.15) is 0 Å². The highest BCUT2D eigenvalue weighted by atomic mass is 16.2. The molecule has 1 aromatic carbocycles. The maximum Gasteiger partial charge on any atom is 0.259 e. The molecule has 2 heterocycles. The molecular weight excluding hydrogens is 290 g/mol. The van der Waals surface area contributed by atoms with Crippen LogP contribution in [0.25, 0.3) is 10.9 Å². The van der Waals surface area contributed by atoms with Gasteiger partial charge in [-0.1, -0.05) is 6.07 Å². The highest BCUT2D eigenvalue weighted by molar-refractivity contribution is 5.92. The molecule has 118 valence electrons. The third kappa shape index (κ3) is 3.04. The van der Waals surface area contributed by atoms with E-state index < -0.39 is 0 Å². The number of hydrogen-bond acceptors (Lipinski definition) is 2. The van der Waals surface area contributed by atoms with E-state index >= 15 is 0 Å². The fraction of sp³-hybridized carbons (Fsp3) is 0.222. The van der Waals surface area contributed by atoms with Crippen molar-refractivity contribution in [1.29, 1.82) is 0 Å². The van der Waals surface area contributed by atoms with E-state index in [1.807, 2.05) is 32.0 Å². The number of aromatic nitrogens is 2. The Bertz CT molecular complexity index is 930. The number of carbonyl (C=O) groups is 1. The average molecular weight is 309 g/mol. The molecule has 0 bridgehead atoms. The molecule has 0 aliphatic rings. The van der Waals surface area contributed by atoms with E-state index in [9.17, 15) is 9.59 Å². The first kappa shape index (κ1) is 15.1. The van der Waals surface area contributed by atoms with Crippen LogP contribution in [0.15, 0.2) is 47.5 Å². The first-order chi connectivity index (χ1) is 10.9. The molecule has 5 heteroatoms. The molecule has 0 fully saturated rings. The molecule has 3 aromatic rings. The van der Waals surface area contributed by atoms with Crippen molar-refractivity contribution < 1.29 is 4.79 Å². The van der Waals surface area contributed by atoms with E-state index in [4.69, 9.17) is 0 Å². The zero-order valence-corrected chi connectivity index (χ0v) is 13.5. The van der Waals surface area contributed by atoms with Crippen molar-refractivity contribution in [1.82, 2.24) is 9.13 Å². The summed E-state index contributed by atoms with van der Waals surface area (Å²) in [7, 11) is 1.71. The number of rotatable bonds is 3. The van der Waals surface area contributed by atoms with Crippen LogP contribution in [-0.4, -0.2) is 15.0 Å². The first-order valence-corrected chi connectivity index (χ1v) is 7.46. The van der Waals surface area contributed by atoms with Crippen molar-refractivity contribution in [2.75, 3.05) is 5.32 Å². The van der Waals surface area contributed by atoms with E-state index in [0.29, 0.717) is 5.39 Å². The van der Waals surface area contributed by atoms with E-state index in [0.717, 1.165) is 22.3 Å². The minimum absolute atomic E-state index is 0.0593. The first-order valence-electron chi connectivity index (χ1n) is 7.46. The minimum atomic E-state index is -0.117. The van der Waals surface area contributed by atoms with Gasteiger partial charge in [0.25, 0.3) is 5.56 Å². The Kier molecular flexibility index (Phi) is 3.78. The van der Waals surface area contributed by atoms with Crippen molar-refractivity contribution in [3.63, 3.8) is 0 Å². The van der Waals surface area contributed by atoms with Crippen LogP contribution in [0.4, 0.5) is 5.69 Å². The predicted molar refractivity (Wildman–Crippen MR) is 91.7 cm³/mol. The topological polar surface area (TPSA) is 56.0 Å². The second kappa shape index (κ2) is 5.76. The second-order valence-electron chi connectivity index (χ2n) is 5.90. The summed E-state index contributed by atoms with van der Waals surface area (Å²) in [5, 5.41) is 3.53.